The van der Waals surface area contributed by atoms with Crippen LogP contribution >= 0.6 is 11.6 Å². The first-order valence-electron chi connectivity index (χ1n) is 10.1. The number of ether oxygens (including phenoxy) is 1. The SMILES string of the molecule is O=c1cc(OCc2ccc(Cl)cn2)ccn1-c1ccc(NCCNS(=O)(=O)C2CC2)nc1. The Morgan fingerprint density at radius 3 is 2.59 bits per heavy atom. The maximum absolute atomic E-state index is 12.5. The molecular weight excluding hydrogens is 454 g/mol. The summed E-state index contributed by atoms with van der Waals surface area (Å²) in [7, 11) is -3.18. The minimum atomic E-state index is -3.18. The predicted molar refractivity (Wildman–Crippen MR) is 122 cm³/mol. The summed E-state index contributed by atoms with van der Waals surface area (Å²) in [6.45, 7) is 0.918. The van der Waals surface area contributed by atoms with Crippen molar-refractivity contribution in [3.8, 4) is 11.4 Å². The van der Waals surface area contributed by atoms with Gasteiger partial charge < -0.3 is 10.1 Å². The van der Waals surface area contributed by atoms with Crippen LogP contribution in [0.3, 0.4) is 0 Å². The molecule has 32 heavy (non-hydrogen) atoms. The highest BCUT2D eigenvalue weighted by Crippen LogP contribution is 2.27. The highest BCUT2D eigenvalue weighted by molar-refractivity contribution is 7.90. The summed E-state index contributed by atoms with van der Waals surface area (Å²) < 4.78 is 33.2. The van der Waals surface area contributed by atoms with Crippen LogP contribution in [0.5, 0.6) is 5.75 Å². The summed E-state index contributed by atoms with van der Waals surface area (Å²) in [5, 5.41) is 3.37. The van der Waals surface area contributed by atoms with Crippen LogP contribution in [0, 0.1) is 0 Å². The van der Waals surface area contributed by atoms with Crippen molar-refractivity contribution in [3.05, 3.63) is 76.1 Å². The van der Waals surface area contributed by atoms with Gasteiger partial charge in [0.15, 0.2) is 0 Å². The zero-order chi connectivity index (χ0) is 22.6. The molecule has 1 fully saturated rings. The van der Waals surface area contributed by atoms with Crippen LogP contribution in [-0.4, -0.2) is 41.3 Å². The summed E-state index contributed by atoms with van der Waals surface area (Å²) in [5.74, 6) is 1.02. The van der Waals surface area contributed by atoms with Crippen molar-refractivity contribution in [2.75, 3.05) is 18.4 Å². The highest BCUT2D eigenvalue weighted by atomic mass is 35.5. The van der Waals surface area contributed by atoms with Crippen LogP contribution in [0.15, 0.2) is 59.8 Å². The van der Waals surface area contributed by atoms with Crippen LogP contribution < -0.4 is 20.3 Å². The third-order valence-electron chi connectivity index (χ3n) is 4.79. The molecule has 0 saturated heterocycles. The molecule has 168 valence electrons. The van der Waals surface area contributed by atoms with Crippen molar-refractivity contribution in [3.63, 3.8) is 0 Å². The smallest absolute Gasteiger partial charge is 0.258 e. The first-order valence-corrected chi connectivity index (χ1v) is 12.0. The van der Waals surface area contributed by atoms with E-state index in [-0.39, 0.29) is 24.0 Å². The Hall–Kier alpha value is -2.95. The Kier molecular flexibility index (Phi) is 6.73. The van der Waals surface area contributed by atoms with Crippen molar-refractivity contribution in [1.82, 2.24) is 19.3 Å². The van der Waals surface area contributed by atoms with Crippen LogP contribution in [0.25, 0.3) is 5.69 Å². The molecule has 9 nitrogen and oxygen atoms in total. The quantitative estimate of drug-likeness (QED) is 0.432. The maximum atomic E-state index is 12.5. The third kappa shape index (κ3) is 5.84. The van der Waals surface area contributed by atoms with E-state index < -0.39 is 10.0 Å². The van der Waals surface area contributed by atoms with Crippen molar-refractivity contribution in [2.24, 2.45) is 0 Å². The molecule has 0 radical (unpaired) electrons. The molecule has 1 aliphatic carbocycles. The zero-order valence-corrected chi connectivity index (χ0v) is 18.6. The number of rotatable bonds is 10. The lowest BCUT2D eigenvalue weighted by Crippen LogP contribution is -2.31. The van der Waals surface area contributed by atoms with Crippen LogP contribution in [0.4, 0.5) is 5.82 Å². The summed E-state index contributed by atoms with van der Waals surface area (Å²) >= 11 is 5.81. The monoisotopic (exact) mass is 475 g/mol. The van der Waals surface area contributed by atoms with E-state index >= 15 is 0 Å². The van der Waals surface area contributed by atoms with E-state index in [4.69, 9.17) is 16.3 Å². The Labute approximate surface area is 190 Å². The molecule has 3 aromatic heterocycles. The third-order valence-corrected chi connectivity index (χ3v) is 6.97. The summed E-state index contributed by atoms with van der Waals surface area (Å²) in [5.41, 5.74) is 1.04. The second kappa shape index (κ2) is 9.68. The van der Waals surface area contributed by atoms with Gasteiger partial charge in [-0.05, 0) is 43.2 Å². The highest BCUT2D eigenvalue weighted by Gasteiger charge is 2.35. The lowest BCUT2D eigenvalue weighted by Gasteiger charge is -2.10. The van der Waals surface area contributed by atoms with Crippen LogP contribution in [0.1, 0.15) is 18.5 Å². The van der Waals surface area contributed by atoms with Crippen molar-refractivity contribution >= 4 is 27.4 Å². The maximum Gasteiger partial charge on any atom is 0.258 e. The fraction of sp³-hybridized carbons (Fsp3) is 0.286. The molecule has 3 aromatic rings. The van der Waals surface area contributed by atoms with Crippen LogP contribution in [0.2, 0.25) is 5.02 Å². The molecule has 0 aromatic carbocycles. The fourth-order valence-electron chi connectivity index (χ4n) is 2.93. The van der Waals surface area contributed by atoms with E-state index in [0.717, 1.165) is 12.8 Å². The van der Waals surface area contributed by atoms with Gasteiger partial charge in [0, 0.05) is 31.5 Å². The predicted octanol–water partition coefficient (Wildman–Crippen LogP) is 2.35. The molecule has 0 unspecified atom stereocenters. The fourth-order valence-corrected chi connectivity index (χ4v) is 4.42. The molecule has 0 atom stereocenters. The molecule has 0 amide bonds. The second-order valence-electron chi connectivity index (χ2n) is 7.29. The molecule has 0 bridgehead atoms. The van der Waals surface area contributed by atoms with Gasteiger partial charge in [-0.25, -0.2) is 18.1 Å². The van der Waals surface area contributed by atoms with Gasteiger partial charge in [0.2, 0.25) is 10.0 Å². The van der Waals surface area contributed by atoms with Gasteiger partial charge in [-0.3, -0.25) is 14.3 Å². The number of nitrogens with one attached hydrogen (secondary N) is 2. The standard InChI is InChI=1S/C21H22ClN5O4S/c22-15-1-2-16(24-12-15)14-31-18-7-10-27(21(28)11-18)17-3-6-20(25-13-17)23-8-9-26-32(29,30)19-4-5-19/h1-3,6-7,10-13,19,26H,4-5,8-9,14H2,(H,23,25). The molecule has 1 aliphatic rings. The largest absolute Gasteiger partial charge is 0.487 e. The van der Waals surface area contributed by atoms with Crippen LogP contribution in [-0.2, 0) is 16.6 Å². The molecule has 11 heteroatoms. The van der Waals surface area contributed by atoms with Crippen molar-refractivity contribution in [1.29, 1.82) is 0 Å². The number of aromatic nitrogens is 3. The topological polar surface area (TPSA) is 115 Å². The Balaban J connectivity index is 1.31. The average molecular weight is 476 g/mol. The lowest BCUT2D eigenvalue weighted by atomic mass is 10.3. The van der Waals surface area contributed by atoms with Gasteiger partial charge in [-0.2, -0.15) is 0 Å². The molecule has 0 aliphatic heterocycles. The van der Waals surface area contributed by atoms with E-state index in [9.17, 15) is 13.2 Å². The number of pyridine rings is 3. The Morgan fingerprint density at radius 2 is 1.94 bits per heavy atom. The van der Waals surface area contributed by atoms with Gasteiger partial charge in [0.1, 0.15) is 18.2 Å². The Bertz CT molecular complexity index is 1230. The molecule has 0 spiro atoms. The second-order valence-corrected chi connectivity index (χ2v) is 9.78. The first kappa shape index (κ1) is 22.3. The summed E-state index contributed by atoms with van der Waals surface area (Å²) in [6, 6.07) is 10.1. The number of hydrogen-bond donors (Lipinski definition) is 2. The number of hydrogen-bond acceptors (Lipinski definition) is 7. The number of anilines is 1. The minimum Gasteiger partial charge on any atom is -0.487 e. The molecule has 3 heterocycles. The van der Waals surface area contributed by atoms with E-state index in [1.54, 1.807) is 42.7 Å². The number of halogens is 1. The zero-order valence-electron chi connectivity index (χ0n) is 17.1. The van der Waals surface area contributed by atoms with Gasteiger partial charge in [-0.1, -0.05) is 11.6 Å². The summed E-state index contributed by atoms with van der Waals surface area (Å²) in [6.07, 6.45) is 6.19. The first-order chi connectivity index (χ1) is 15.4. The number of sulfonamides is 1. The molecule has 2 N–H and O–H groups in total. The van der Waals surface area contributed by atoms with Gasteiger partial charge in [-0.15, -0.1) is 0 Å². The molecular formula is C21H22ClN5O4S. The van der Waals surface area contributed by atoms with E-state index in [0.29, 0.717) is 34.5 Å². The van der Waals surface area contributed by atoms with Gasteiger partial charge >= 0.3 is 0 Å². The van der Waals surface area contributed by atoms with Crippen molar-refractivity contribution < 1.29 is 13.2 Å². The lowest BCUT2D eigenvalue weighted by molar-refractivity contribution is 0.300. The Morgan fingerprint density at radius 1 is 1.09 bits per heavy atom. The summed E-state index contributed by atoms with van der Waals surface area (Å²) in [4.78, 5) is 20.9. The minimum absolute atomic E-state index is 0.222. The van der Waals surface area contributed by atoms with E-state index in [2.05, 4.69) is 20.0 Å². The van der Waals surface area contributed by atoms with E-state index in [1.807, 2.05) is 0 Å². The van der Waals surface area contributed by atoms with E-state index in [1.165, 1.54) is 16.8 Å². The average Bonchev–Trinajstić information content (AvgIpc) is 3.63. The number of nitrogens with zero attached hydrogens (tertiary/aromatic N) is 3. The van der Waals surface area contributed by atoms with Crippen molar-refractivity contribution in [2.45, 2.75) is 24.7 Å². The normalized spacial score (nSPS) is 13.7. The van der Waals surface area contributed by atoms with Gasteiger partial charge in [0.05, 0.1) is 27.9 Å². The molecule has 4 rings (SSSR count). The molecule has 1 saturated carbocycles. The van der Waals surface area contributed by atoms with Gasteiger partial charge in [0.25, 0.3) is 5.56 Å².